The molecule has 11 N–H and O–H groups in total. The molecule has 0 spiro atoms. The van der Waals surface area contributed by atoms with Crippen LogP contribution in [0.15, 0.2) is 24.8 Å². The number of carbonyl (C=O) groups is 4. The summed E-state index contributed by atoms with van der Waals surface area (Å²) in [4.78, 5) is 98.9. The lowest BCUT2D eigenvalue weighted by Crippen LogP contribution is -2.46. The first kappa shape index (κ1) is 52.1. The Balaban J connectivity index is 1.43. The molecule has 0 bridgehead atoms. The van der Waals surface area contributed by atoms with E-state index >= 15 is 0 Å². The topological polar surface area (TPSA) is 401 Å². The van der Waals surface area contributed by atoms with Crippen molar-refractivity contribution < 1.29 is 90.4 Å². The number of thioether (sulfide) groups is 1. The lowest BCUT2D eigenvalue weighted by atomic mass is 9.87. The highest BCUT2D eigenvalue weighted by atomic mass is 32.2. The Morgan fingerprint density at radius 3 is 2.31 bits per heavy atom. The summed E-state index contributed by atoms with van der Waals surface area (Å²) in [6.07, 6.45) is -6.05. The minimum Gasteiger partial charge on any atom is -0.481 e. The molecule has 2 amide bonds. The van der Waals surface area contributed by atoms with Crippen LogP contribution in [0.3, 0.4) is 0 Å². The number of nitrogens with one attached hydrogen (secondary N) is 2. The van der Waals surface area contributed by atoms with Gasteiger partial charge in [-0.25, -0.2) is 28.6 Å². The fourth-order valence-corrected chi connectivity index (χ4v) is 9.12. The third-order valence-corrected chi connectivity index (χ3v) is 12.9. The summed E-state index contributed by atoms with van der Waals surface area (Å²) in [5, 5.41) is 35.1. The minimum atomic E-state index is -5.59. The van der Waals surface area contributed by atoms with Gasteiger partial charge in [-0.3, -0.25) is 37.3 Å². The summed E-state index contributed by atoms with van der Waals surface area (Å²) in [6.45, 7) is 5.93. The number of hydrogen-bond donors (Lipinski definition) is 10. The summed E-state index contributed by atoms with van der Waals surface area (Å²) < 4.78 is 62.2. The van der Waals surface area contributed by atoms with Crippen LogP contribution in [0.5, 0.6) is 0 Å². The molecule has 8 atom stereocenters. The molecule has 30 heteroatoms. The van der Waals surface area contributed by atoms with Crippen molar-refractivity contribution in [1.82, 2.24) is 30.2 Å². The molecule has 1 aliphatic rings. The van der Waals surface area contributed by atoms with Crippen molar-refractivity contribution in [1.29, 1.82) is 0 Å². The summed E-state index contributed by atoms with van der Waals surface area (Å²) in [7, 11) is -16.5. The SMILES string of the molecule is C=C(C)C(CCC(=O)O)CCC(=O)SCCNC(=O)CCNC(=O)[C@H](O)C(C)(C)COP(=O)(O)OP(=O)(O)OC[C@H]1O[C@@H](n2cnc3c(N)ncnc32)[C@H](O)[C@@H]1OP(=O)(O)O. The average molecular weight is 950 g/mol. The van der Waals surface area contributed by atoms with Gasteiger partial charge in [-0.2, -0.15) is 4.31 Å². The van der Waals surface area contributed by atoms with Gasteiger partial charge >= 0.3 is 29.4 Å². The van der Waals surface area contributed by atoms with Crippen molar-refractivity contribution in [2.75, 3.05) is 37.8 Å². The van der Waals surface area contributed by atoms with Gasteiger partial charge in [-0.15, -0.1) is 0 Å². The predicted octanol–water partition coefficient (Wildman–Crippen LogP) is 0.502. The maximum Gasteiger partial charge on any atom is 0.481 e. The molecule has 0 saturated carbocycles. The molecule has 0 radical (unpaired) electrons. The molecular weight excluding hydrogens is 899 g/mol. The highest BCUT2D eigenvalue weighted by Crippen LogP contribution is 2.61. The normalized spacial score (nSPS) is 21.3. The zero-order chi connectivity index (χ0) is 45.9. The van der Waals surface area contributed by atoms with Crippen molar-refractivity contribution in [3.63, 3.8) is 0 Å². The van der Waals surface area contributed by atoms with Crippen LogP contribution in [0.2, 0.25) is 0 Å². The van der Waals surface area contributed by atoms with Crippen LogP contribution in [0, 0.1) is 11.3 Å². The van der Waals surface area contributed by atoms with Gasteiger partial charge in [0, 0.05) is 43.5 Å². The van der Waals surface area contributed by atoms with E-state index in [0.29, 0.717) is 12.8 Å². The third-order valence-electron chi connectivity index (χ3n) is 8.87. The summed E-state index contributed by atoms with van der Waals surface area (Å²) in [5.41, 5.74) is 5.01. The second-order valence-corrected chi connectivity index (χ2v) is 19.7. The van der Waals surface area contributed by atoms with Crippen molar-refractivity contribution in [3.8, 4) is 0 Å². The maximum atomic E-state index is 12.7. The molecule has 0 aliphatic carbocycles. The number of anilines is 1. The van der Waals surface area contributed by atoms with Crippen LogP contribution in [-0.2, 0) is 55.5 Å². The van der Waals surface area contributed by atoms with E-state index in [4.69, 9.17) is 24.6 Å². The number of phosphoric ester groups is 3. The summed E-state index contributed by atoms with van der Waals surface area (Å²) in [5.74, 6) is -2.31. The third kappa shape index (κ3) is 16.8. The quantitative estimate of drug-likeness (QED) is 0.0349. The number of hydrogen-bond acceptors (Lipinski definition) is 19. The number of nitrogens with two attached hydrogens (primary N) is 1. The van der Waals surface area contributed by atoms with E-state index in [9.17, 15) is 62.7 Å². The molecule has 3 heterocycles. The van der Waals surface area contributed by atoms with E-state index in [1.165, 1.54) is 13.8 Å². The zero-order valence-corrected chi connectivity index (χ0v) is 36.5. The fraction of sp³-hybridized carbons (Fsp3) is 0.645. The number of phosphoric acid groups is 3. The molecule has 1 aliphatic heterocycles. The number of allylic oxidation sites excluding steroid dienone is 1. The first-order valence-electron chi connectivity index (χ1n) is 18.1. The number of imidazole rings is 1. The second kappa shape index (κ2) is 22.4. The Morgan fingerprint density at radius 1 is 1.02 bits per heavy atom. The minimum absolute atomic E-state index is 0.0209. The maximum absolute atomic E-state index is 12.7. The molecule has 3 rings (SSSR count). The number of amides is 2. The molecule has 1 fully saturated rings. The first-order chi connectivity index (χ1) is 28.2. The molecule has 1 saturated heterocycles. The van der Waals surface area contributed by atoms with Gasteiger partial charge in [0.25, 0.3) is 0 Å². The summed E-state index contributed by atoms with van der Waals surface area (Å²) in [6, 6.07) is 0. The van der Waals surface area contributed by atoms with Gasteiger partial charge in [0.05, 0.1) is 19.5 Å². The number of fused-ring (bicyclic) bond motifs is 1. The fourth-order valence-electron chi connectivity index (χ4n) is 5.59. The Labute approximate surface area is 352 Å². The number of rotatable bonds is 26. The van der Waals surface area contributed by atoms with Crippen LogP contribution in [0.4, 0.5) is 5.82 Å². The number of aliphatic carboxylic acids is 1. The van der Waals surface area contributed by atoms with Crippen LogP contribution < -0.4 is 16.4 Å². The Bertz CT molecular complexity index is 2040. The predicted molar refractivity (Wildman–Crippen MR) is 212 cm³/mol. The Kier molecular flexibility index (Phi) is 19.1. The summed E-state index contributed by atoms with van der Waals surface area (Å²) >= 11 is 1.00. The van der Waals surface area contributed by atoms with E-state index in [1.54, 1.807) is 6.92 Å². The van der Waals surface area contributed by atoms with Crippen molar-refractivity contribution in [3.05, 3.63) is 24.8 Å². The van der Waals surface area contributed by atoms with E-state index in [0.717, 1.165) is 34.6 Å². The van der Waals surface area contributed by atoms with Crippen LogP contribution in [0.1, 0.15) is 59.1 Å². The van der Waals surface area contributed by atoms with E-state index in [-0.39, 0.29) is 66.1 Å². The molecule has 2 aromatic rings. The standard InChI is InChI=1S/C31H50N7O19P3S/c1-17(2)18(5-7-21(40)41)6-8-22(42)61-12-11-33-20(39)9-10-34-29(45)26(44)31(3,4)14-54-60(51,52)57-59(49,50)53-13-19-25(56-58(46,47)48)24(43)30(55-19)38-16-37-23-27(32)35-15-36-28(23)38/h15-16,18-19,24-26,30,43-44H,1,5-14H2,2-4H3,(H,33,39)(H,34,45)(H,40,41)(H,49,50)(H,51,52)(H2,32,35,36)(H2,46,47,48)/t18?,19-,24-,25-,26+,30-/m1/s1. The molecule has 61 heavy (non-hydrogen) atoms. The molecule has 344 valence electrons. The van der Waals surface area contributed by atoms with Gasteiger partial charge in [0.2, 0.25) is 11.8 Å². The van der Waals surface area contributed by atoms with E-state index in [2.05, 4.69) is 41.0 Å². The van der Waals surface area contributed by atoms with Crippen molar-refractivity contribution in [2.24, 2.45) is 11.3 Å². The first-order valence-corrected chi connectivity index (χ1v) is 23.6. The van der Waals surface area contributed by atoms with E-state index in [1.807, 2.05) is 0 Å². The molecule has 2 aromatic heterocycles. The number of ether oxygens (including phenoxy) is 1. The van der Waals surface area contributed by atoms with Crippen LogP contribution in [0.25, 0.3) is 11.2 Å². The lowest BCUT2D eigenvalue weighted by molar-refractivity contribution is -0.138. The number of carbonyl (C=O) groups excluding carboxylic acids is 3. The van der Waals surface area contributed by atoms with Gasteiger partial charge in [0.1, 0.15) is 36.3 Å². The largest absolute Gasteiger partial charge is 0.481 e. The molecule has 3 unspecified atom stereocenters. The van der Waals surface area contributed by atoms with Crippen molar-refractivity contribution >= 4 is 75.1 Å². The highest BCUT2D eigenvalue weighted by molar-refractivity contribution is 8.13. The van der Waals surface area contributed by atoms with Gasteiger partial charge in [-0.05, 0) is 25.7 Å². The smallest absolute Gasteiger partial charge is 0.481 e. The Morgan fingerprint density at radius 2 is 1.67 bits per heavy atom. The number of aromatic nitrogens is 4. The lowest BCUT2D eigenvalue weighted by Gasteiger charge is -2.30. The van der Waals surface area contributed by atoms with Gasteiger partial charge in [-0.1, -0.05) is 37.8 Å². The van der Waals surface area contributed by atoms with Gasteiger partial charge < -0.3 is 56.0 Å². The second-order valence-electron chi connectivity index (χ2n) is 14.3. The number of carboxylic acids is 1. The zero-order valence-electron chi connectivity index (χ0n) is 33.0. The Hall–Kier alpha value is -3.23. The number of aliphatic hydroxyl groups excluding tert-OH is 2. The van der Waals surface area contributed by atoms with E-state index < -0.39 is 90.5 Å². The average Bonchev–Trinajstić information content (AvgIpc) is 3.71. The van der Waals surface area contributed by atoms with Crippen LogP contribution >= 0.6 is 35.2 Å². The number of aliphatic hydroxyl groups is 2. The molecule has 0 aromatic carbocycles. The molecule has 26 nitrogen and oxygen atoms in total. The number of carboxylic acid groups (broad SMARTS) is 1. The number of nitrogens with zero attached hydrogens (tertiary/aromatic N) is 4. The number of nitrogen functional groups attached to an aromatic ring is 1. The monoisotopic (exact) mass is 949 g/mol. The van der Waals surface area contributed by atoms with Gasteiger partial charge in [0.15, 0.2) is 22.8 Å². The van der Waals surface area contributed by atoms with Crippen molar-refractivity contribution in [2.45, 2.75) is 83.5 Å². The van der Waals surface area contributed by atoms with Crippen LogP contribution in [-0.4, -0.2) is 134 Å². The molecular formula is C31H50N7O19P3S. The highest BCUT2D eigenvalue weighted by Gasteiger charge is 2.50.